The van der Waals surface area contributed by atoms with Gasteiger partial charge in [0.25, 0.3) is 0 Å². The molecule has 0 bridgehead atoms. The summed E-state index contributed by atoms with van der Waals surface area (Å²) in [6.45, 7) is 0.781. The quantitative estimate of drug-likeness (QED) is 0.503. The molecule has 1 heterocycles. The number of benzene rings is 3. The number of fused-ring (bicyclic) bond motifs is 1. The monoisotopic (exact) mass is 413 g/mol. The molecule has 0 aromatic heterocycles. The maximum Gasteiger partial charge on any atom is 0.131 e. The first kappa shape index (κ1) is 19.0. The van der Waals surface area contributed by atoms with Crippen LogP contribution in [0.15, 0.2) is 60.7 Å². The normalized spacial score (nSPS) is 15.1. The van der Waals surface area contributed by atoms with Gasteiger partial charge in [-0.25, -0.2) is 0 Å². The third kappa shape index (κ3) is 3.65. The number of hydrogen-bond acceptors (Lipinski definition) is 3. The zero-order valence-electron chi connectivity index (χ0n) is 15.8. The van der Waals surface area contributed by atoms with E-state index in [4.69, 9.17) is 32.7 Å². The summed E-state index contributed by atoms with van der Waals surface area (Å²) in [5, 5.41) is 1.04. The van der Waals surface area contributed by atoms with Crippen LogP contribution in [-0.2, 0) is 6.42 Å². The molecule has 1 unspecified atom stereocenters. The summed E-state index contributed by atoms with van der Waals surface area (Å²) in [4.78, 5) is 2.21. The smallest absolute Gasteiger partial charge is 0.131 e. The Morgan fingerprint density at radius 3 is 2.57 bits per heavy atom. The highest BCUT2D eigenvalue weighted by Gasteiger charge is 2.29. The lowest BCUT2D eigenvalue weighted by Crippen LogP contribution is -2.31. The van der Waals surface area contributed by atoms with Gasteiger partial charge < -0.3 is 14.4 Å². The summed E-state index contributed by atoms with van der Waals surface area (Å²) in [7, 11) is 3.75. The van der Waals surface area contributed by atoms with Crippen molar-refractivity contribution in [2.45, 2.75) is 12.5 Å². The molecule has 0 spiro atoms. The van der Waals surface area contributed by atoms with Crippen LogP contribution >= 0.6 is 23.2 Å². The van der Waals surface area contributed by atoms with E-state index in [-0.39, 0.29) is 6.10 Å². The van der Waals surface area contributed by atoms with Crippen molar-refractivity contribution in [3.63, 3.8) is 0 Å². The zero-order chi connectivity index (χ0) is 19.7. The number of hydrogen-bond donors (Lipinski definition) is 0. The minimum absolute atomic E-state index is 0.0454. The van der Waals surface area contributed by atoms with E-state index in [2.05, 4.69) is 24.1 Å². The number of methoxy groups -OCH3 is 1. The number of ether oxygens (including phenoxy) is 2. The van der Waals surface area contributed by atoms with E-state index >= 15 is 0 Å². The highest BCUT2D eigenvalue weighted by molar-refractivity contribution is 6.43. The number of rotatable bonds is 5. The zero-order valence-corrected chi connectivity index (χ0v) is 17.3. The highest BCUT2D eigenvalue weighted by Crippen LogP contribution is 2.45. The largest absolute Gasteiger partial charge is 0.497 e. The van der Waals surface area contributed by atoms with Crippen LogP contribution < -0.4 is 14.4 Å². The van der Waals surface area contributed by atoms with Crippen LogP contribution in [0.5, 0.6) is 11.5 Å². The first-order chi connectivity index (χ1) is 13.6. The van der Waals surface area contributed by atoms with Crippen LogP contribution in [0.4, 0.5) is 5.69 Å². The van der Waals surface area contributed by atoms with Crippen molar-refractivity contribution < 1.29 is 9.47 Å². The molecule has 28 heavy (non-hydrogen) atoms. The van der Waals surface area contributed by atoms with Gasteiger partial charge in [0.05, 0.1) is 23.7 Å². The molecule has 0 saturated carbocycles. The lowest BCUT2D eigenvalue weighted by Gasteiger charge is -2.23. The van der Waals surface area contributed by atoms with Crippen molar-refractivity contribution in [3.8, 4) is 22.6 Å². The Morgan fingerprint density at radius 1 is 1.04 bits per heavy atom. The Hall–Kier alpha value is -2.36. The van der Waals surface area contributed by atoms with Gasteiger partial charge in [-0.15, -0.1) is 0 Å². The summed E-state index contributed by atoms with van der Waals surface area (Å²) < 4.78 is 11.9. The fourth-order valence-corrected chi connectivity index (χ4v) is 4.03. The summed E-state index contributed by atoms with van der Waals surface area (Å²) in [6, 6.07) is 19.9. The van der Waals surface area contributed by atoms with Crippen molar-refractivity contribution in [1.82, 2.24) is 0 Å². The molecule has 3 aromatic carbocycles. The SMILES string of the molecule is COc1cc2c(c(-c3cccc(Cl)c3Cl)c1)OC(CN(C)c1ccccc1)C2. The minimum atomic E-state index is 0.0454. The van der Waals surface area contributed by atoms with Crippen molar-refractivity contribution in [1.29, 1.82) is 0 Å². The summed E-state index contributed by atoms with van der Waals surface area (Å²) in [5.41, 5.74) is 4.04. The molecule has 0 N–H and O–H groups in total. The summed E-state index contributed by atoms with van der Waals surface area (Å²) >= 11 is 12.7. The molecule has 0 aliphatic carbocycles. The summed E-state index contributed by atoms with van der Waals surface area (Å²) in [5.74, 6) is 1.64. The first-order valence-electron chi connectivity index (χ1n) is 9.15. The van der Waals surface area contributed by atoms with Gasteiger partial charge in [-0.05, 0) is 30.3 Å². The van der Waals surface area contributed by atoms with E-state index in [1.165, 1.54) is 0 Å². The van der Waals surface area contributed by atoms with Gasteiger partial charge in [0.2, 0.25) is 0 Å². The van der Waals surface area contributed by atoms with Crippen LogP contribution in [0.1, 0.15) is 5.56 Å². The van der Waals surface area contributed by atoms with Gasteiger partial charge in [-0.1, -0.05) is 53.5 Å². The van der Waals surface area contributed by atoms with Crippen molar-refractivity contribution in [2.24, 2.45) is 0 Å². The first-order valence-corrected chi connectivity index (χ1v) is 9.90. The average Bonchev–Trinajstić information content (AvgIpc) is 3.12. The second-order valence-corrected chi connectivity index (χ2v) is 7.71. The van der Waals surface area contributed by atoms with Crippen LogP contribution in [-0.4, -0.2) is 26.8 Å². The predicted octanol–water partition coefficient (Wildman–Crippen LogP) is 6.11. The van der Waals surface area contributed by atoms with E-state index in [0.29, 0.717) is 10.0 Å². The van der Waals surface area contributed by atoms with Crippen molar-refractivity contribution >= 4 is 28.9 Å². The molecule has 1 atom stereocenters. The molecule has 1 aliphatic heterocycles. The minimum Gasteiger partial charge on any atom is -0.497 e. The molecular formula is C23H21Cl2NO2. The molecule has 4 rings (SSSR count). The molecule has 0 fully saturated rings. The maximum absolute atomic E-state index is 6.49. The van der Waals surface area contributed by atoms with Gasteiger partial charge in [0.1, 0.15) is 17.6 Å². The molecule has 1 aliphatic rings. The van der Waals surface area contributed by atoms with Crippen molar-refractivity contribution in [3.05, 3.63) is 76.3 Å². The molecule has 3 aromatic rings. The lowest BCUT2D eigenvalue weighted by atomic mass is 9.99. The second kappa shape index (κ2) is 7.94. The topological polar surface area (TPSA) is 21.7 Å². The molecule has 0 saturated heterocycles. The van der Waals surface area contributed by atoms with E-state index in [1.807, 2.05) is 42.5 Å². The van der Waals surface area contributed by atoms with Crippen LogP contribution in [0, 0.1) is 0 Å². The van der Waals surface area contributed by atoms with Gasteiger partial charge >= 0.3 is 0 Å². The molecule has 3 nitrogen and oxygen atoms in total. The molecule has 0 amide bonds. The molecular weight excluding hydrogens is 393 g/mol. The molecule has 0 radical (unpaired) electrons. The predicted molar refractivity (Wildman–Crippen MR) is 116 cm³/mol. The number of likely N-dealkylation sites (N-methyl/N-ethyl adjacent to an activating group) is 1. The highest BCUT2D eigenvalue weighted by atomic mass is 35.5. The second-order valence-electron chi connectivity index (χ2n) is 6.92. The van der Waals surface area contributed by atoms with Gasteiger partial charge in [0.15, 0.2) is 0 Å². The Bertz CT molecular complexity index is 991. The maximum atomic E-state index is 6.49. The third-order valence-corrected chi connectivity index (χ3v) is 5.84. The van der Waals surface area contributed by atoms with Gasteiger partial charge in [0, 0.05) is 35.8 Å². The Labute approximate surface area is 175 Å². The average molecular weight is 414 g/mol. The molecule has 144 valence electrons. The Kier molecular flexibility index (Phi) is 5.38. The van der Waals surface area contributed by atoms with E-state index in [9.17, 15) is 0 Å². The van der Waals surface area contributed by atoms with Crippen LogP contribution in [0.25, 0.3) is 11.1 Å². The fourth-order valence-electron chi connectivity index (χ4n) is 3.63. The van der Waals surface area contributed by atoms with Crippen LogP contribution in [0.3, 0.4) is 0 Å². The number of halogens is 2. The number of anilines is 1. The standard InChI is InChI=1S/C23H21Cl2NO2/c1-26(16-7-4-3-5-8-16)14-18-12-15-11-17(27-2)13-20(23(15)28-18)19-9-6-10-21(24)22(19)25/h3-11,13,18H,12,14H2,1-2H3. The lowest BCUT2D eigenvalue weighted by molar-refractivity contribution is 0.240. The third-order valence-electron chi connectivity index (χ3n) is 5.02. The van der Waals surface area contributed by atoms with Gasteiger partial charge in [-0.2, -0.15) is 0 Å². The van der Waals surface area contributed by atoms with E-state index in [0.717, 1.165) is 46.8 Å². The van der Waals surface area contributed by atoms with E-state index < -0.39 is 0 Å². The van der Waals surface area contributed by atoms with E-state index in [1.54, 1.807) is 13.2 Å². The van der Waals surface area contributed by atoms with Gasteiger partial charge in [-0.3, -0.25) is 0 Å². The fraction of sp³-hybridized carbons (Fsp3) is 0.217. The van der Waals surface area contributed by atoms with Crippen LogP contribution in [0.2, 0.25) is 10.0 Å². The summed E-state index contributed by atoms with van der Waals surface area (Å²) in [6.07, 6.45) is 0.860. The number of para-hydroxylation sites is 1. The van der Waals surface area contributed by atoms with Crippen molar-refractivity contribution in [2.75, 3.05) is 25.6 Å². The molecule has 5 heteroatoms. The Morgan fingerprint density at radius 2 is 1.82 bits per heavy atom. The number of nitrogens with zero attached hydrogens (tertiary/aromatic N) is 1. The Balaban J connectivity index is 1.65.